The van der Waals surface area contributed by atoms with Crippen LogP contribution in [0.3, 0.4) is 0 Å². The minimum Gasteiger partial charge on any atom is -0.455 e. The van der Waals surface area contributed by atoms with E-state index in [0.717, 1.165) is 21.9 Å². The Hall–Kier alpha value is -3.95. The van der Waals surface area contributed by atoms with Crippen LogP contribution in [0.4, 0.5) is 19.4 Å². The lowest BCUT2D eigenvalue weighted by molar-refractivity contribution is -0.140. The third-order valence-corrected chi connectivity index (χ3v) is 7.12. The van der Waals surface area contributed by atoms with E-state index in [-0.39, 0.29) is 44.0 Å². The number of anilines is 1. The van der Waals surface area contributed by atoms with Crippen LogP contribution in [0.2, 0.25) is 0 Å². The lowest BCUT2D eigenvalue weighted by Gasteiger charge is -2.35. The molecule has 0 unspecified atom stereocenters. The highest BCUT2D eigenvalue weighted by atomic mass is 19.3. The first-order valence-corrected chi connectivity index (χ1v) is 12.2. The molecule has 1 aliphatic carbocycles. The normalized spacial score (nSPS) is 18.2. The number of hydrogen-bond donors (Lipinski definition) is 1. The van der Waals surface area contributed by atoms with Crippen LogP contribution in [-0.2, 0) is 4.79 Å². The van der Waals surface area contributed by atoms with Crippen LogP contribution >= 0.6 is 0 Å². The number of amides is 3. The van der Waals surface area contributed by atoms with Gasteiger partial charge in [-0.25, -0.2) is 18.6 Å². The summed E-state index contributed by atoms with van der Waals surface area (Å²) in [6.07, 6.45) is 3.35. The van der Waals surface area contributed by atoms with E-state index in [4.69, 9.17) is 4.74 Å². The Morgan fingerprint density at radius 2 is 1.76 bits per heavy atom. The SMILES string of the molecule is Cc1cc(-c2cc(Oc3ccc(NC(=O)N4CCC5(CCC(F)(F)CC5)C4=O)nc3C)ccn2)ccn1. The number of aryl methyl sites for hydroxylation is 2. The number of urea groups is 1. The number of nitrogens with one attached hydrogen (secondary N) is 1. The molecular weight excluding hydrogens is 480 g/mol. The van der Waals surface area contributed by atoms with Crippen LogP contribution in [0.15, 0.2) is 48.8 Å². The van der Waals surface area contributed by atoms with E-state index in [0.29, 0.717) is 23.6 Å². The zero-order chi connectivity index (χ0) is 26.2. The van der Waals surface area contributed by atoms with Crippen molar-refractivity contribution >= 4 is 17.8 Å². The monoisotopic (exact) mass is 507 g/mol. The van der Waals surface area contributed by atoms with Crippen molar-refractivity contribution in [3.05, 3.63) is 60.2 Å². The van der Waals surface area contributed by atoms with Crippen molar-refractivity contribution in [3.63, 3.8) is 0 Å². The van der Waals surface area contributed by atoms with Gasteiger partial charge >= 0.3 is 6.03 Å². The number of imide groups is 1. The Labute approximate surface area is 213 Å². The molecule has 8 nitrogen and oxygen atoms in total. The first kappa shape index (κ1) is 24.7. The molecule has 1 saturated heterocycles. The van der Waals surface area contributed by atoms with Gasteiger partial charge in [0.05, 0.1) is 16.8 Å². The molecule has 3 aromatic heterocycles. The van der Waals surface area contributed by atoms with Gasteiger partial charge in [0.15, 0.2) is 0 Å². The zero-order valence-corrected chi connectivity index (χ0v) is 20.6. The molecule has 2 fully saturated rings. The minimum atomic E-state index is -2.73. The molecule has 10 heteroatoms. The van der Waals surface area contributed by atoms with Crippen LogP contribution in [0.5, 0.6) is 11.5 Å². The number of nitrogens with zero attached hydrogens (tertiary/aromatic N) is 4. The number of aromatic nitrogens is 3. The molecule has 0 aromatic carbocycles. The highest BCUT2D eigenvalue weighted by molar-refractivity contribution is 6.04. The molecule has 2 aliphatic rings. The molecule has 192 valence electrons. The Balaban J connectivity index is 1.24. The topological polar surface area (TPSA) is 97.3 Å². The fraction of sp³-hybridized carbons (Fsp3) is 0.370. The standard InChI is InChI=1S/C27H27F2N5O3/c1-17-15-19(5-12-30-17)21-16-20(6-13-31-21)37-22-3-4-23(32-18(22)2)33-25(36)34-14-11-26(24(34)35)7-9-27(28,29)10-8-26/h3-6,12-13,15-16H,7-11,14H2,1-2H3,(H,32,33,36). The van der Waals surface area contributed by atoms with Gasteiger partial charge in [0.2, 0.25) is 11.8 Å². The number of rotatable bonds is 4. The number of ether oxygens (including phenoxy) is 1. The number of hydrogen-bond acceptors (Lipinski definition) is 6. The second-order valence-corrected chi connectivity index (χ2v) is 9.72. The lowest BCUT2D eigenvalue weighted by atomic mass is 9.72. The molecule has 0 atom stereocenters. The van der Waals surface area contributed by atoms with Crippen molar-refractivity contribution in [1.82, 2.24) is 19.9 Å². The molecule has 1 N–H and O–H groups in total. The average molecular weight is 508 g/mol. The summed E-state index contributed by atoms with van der Waals surface area (Å²) in [7, 11) is 0. The summed E-state index contributed by atoms with van der Waals surface area (Å²) in [4.78, 5) is 39.9. The van der Waals surface area contributed by atoms with E-state index in [2.05, 4.69) is 20.3 Å². The van der Waals surface area contributed by atoms with Crippen LogP contribution in [0.25, 0.3) is 11.3 Å². The average Bonchev–Trinajstić information content (AvgIpc) is 3.19. The Kier molecular flexibility index (Phi) is 6.35. The molecule has 1 spiro atoms. The highest BCUT2D eigenvalue weighted by Crippen LogP contribution is 2.49. The molecule has 3 amide bonds. The quantitative estimate of drug-likeness (QED) is 0.472. The second kappa shape index (κ2) is 9.49. The van der Waals surface area contributed by atoms with Crippen molar-refractivity contribution < 1.29 is 23.1 Å². The predicted molar refractivity (Wildman–Crippen MR) is 132 cm³/mol. The lowest BCUT2D eigenvalue weighted by Crippen LogP contribution is -2.43. The molecular formula is C27H27F2N5O3. The smallest absolute Gasteiger partial charge is 0.329 e. The van der Waals surface area contributed by atoms with E-state index >= 15 is 0 Å². The van der Waals surface area contributed by atoms with Gasteiger partial charge in [0.1, 0.15) is 17.3 Å². The maximum Gasteiger partial charge on any atom is 0.329 e. The van der Waals surface area contributed by atoms with Crippen LogP contribution in [0, 0.1) is 19.3 Å². The third-order valence-electron chi connectivity index (χ3n) is 7.12. The maximum atomic E-state index is 13.6. The van der Waals surface area contributed by atoms with Gasteiger partial charge in [-0.05, 0) is 63.4 Å². The van der Waals surface area contributed by atoms with E-state index in [9.17, 15) is 18.4 Å². The first-order chi connectivity index (χ1) is 17.6. The van der Waals surface area contributed by atoms with Gasteiger partial charge in [-0.3, -0.25) is 25.0 Å². The van der Waals surface area contributed by atoms with E-state index in [1.54, 1.807) is 37.5 Å². The largest absolute Gasteiger partial charge is 0.455 e. The zero-order valence-electron chi connectivity index (χ0n) is 20.6. The molecule has 4 heterocycles. The second-order valence-electron chi connectivity index (χ2n) is 9.72. The summed E-state index contributed by atoms with van der Waals surface area (Å²) in [6.45, 7) is 3.86. The van der Waals surface area contributed by atoms with Crippen molar-refractivity contribution in [3.8, 4) is 22.8 Å². The predicted octanol–water partition coefficient (Wildman–Crippen LogP) is 5.91. The van der Waals surface area contributed by atoms with E-state index in [1.807, 2.05) is 25.1 Å². The van der Waals surface area contributed by atoms with Crippen molar-refractivity contribution in [1.29, 1.82) is 0 Å². The molecule has 3 aromatic rings. The molecule has 1 saturated carbocycles. The Morgan fingerprint density at radius 3 is 2.49 bits per heavy atom. The minimum absolute atomic E-state index is 0.101. The Morgan fingerprint density at radius 1 is 1.00 bits per heavy atom. The van der Waals surface area contributed by atoms with Crippen LogP contribution in [-0.4, -0.2) is 44.3 Å². The van der Waals surface area contributed by atoms with Gasteiger partial charge in [-0.1, -0.05) is 0 Å². The molecule has 1 aliphatic heterocycles. The van der Waals surface area contributed by atoms with Gasteiger partial charge in [-0.2, -0.15) is 0 Å². The first-order valence-electron chi connectivity index (χ1n) is 12.2. The molecule has 5 rings (SSSR count). The third kappa shape index (κ3) is 5.14. The van der Waals surface area contributed by atoms with E-state index in [1.165, 1.54) is 0 Å². The highest BCUT2D eigenvalue weighted by Gasteiger charge is 2.53. The van der Waals surface area contributed by atoms with Crippen molar-refractivity contribution in [2.75, 3.05) is 11.9 Å². The van der Waals surface area contributed by atoms with Crippen LogP contribution in [0.1, 0.15) is 43.5 Å². The number of pyridine rings is 3. The summed E-state index contributed by atoms with van der Waals surface area (Å²) in [5.74, 6) is -1.77. The van der Waals surface area contributed by atoms with Gasteiger partial charge in [0.25, 0.3) is 0 Å². The van der Waals surface area contributed by atoms with Crippen LogP contribution < -0.4 is 10.1 Å². The summed E-state index contributed by atoms with van der Waals surface area (Å²) in [6, 6.07) is 10.0. The van der Waals surface area contributed by atoms with E-state index < -0.39 is 17.4 Å². The molecule has 0 bridgehead atoms. The van der Waals surface area contributed by atoms with Gasteiger partial charge in [0, 0.05) is 49.1 Å². The van der Waals surface area contributed by atoms with Crippen molar-refractivity contribution in [2.24, 2.45) is 5.41 Å². The Bertz CT molecular complexity index is 1350. The van der Waals surface area contributed by atoms with Gasteiger partial charge < -0.3 is 4.74 Å². The number of alkyl halides is 2. The van der Waals surface area contributed by atoms with Gasteiger partial charge in [-0.15, -0.1) is 0 Å². The summed E-state index contributed by atoms with van der Waals surface area (Å²) >= 11 is 0. The maximum absolute atomic E-state index is 13.6. The summed E-state index contributed by atoms with van der Waals surface area (Å²) in [5, 5.41) is 2.66. The fourth-order valence-corrected chi connectivity index (χ4v) is 4.94. The molecule has 37 heavy (non-hydrogen) atoms. The molecule has 0 radical (unpaired) electrons. The summed E-state index contributed by atoms with van der Waals surface area (Å²) in [5.41, 5.74) is 2.22. The number of likely N-dealkylation sites (tertiary alicyclic amines) is 1. The fourth-order valence-electron chi connectivity index (χ4n) is 4.94. The van der Waals surface area contributed by atoms with Crippen molar-refractivity contribution in [2.45, 2.75) is 51.9 Å². The number of carbonyl (C=O) groups excluding carboxylic acids is 2. The summed E-state index contributed by atoms with van der Waals surface area (Å²) < 4.78 is 33.2. The number of carbonyl (C=O) groups is 2. The number of halogens is 2.